The highest BCUT2D eigenvalue weighted by atomic mass is 16.5. The van der Waals surface area contributed by atoms with Gasteiger partial charge in [0.15, 0.2) is 0 Å². The minimum Gasteiger partial charge on any atom is -0.460 e. The van der Waals surface area contributed by atoms with Crippen LogP contribution in [0.5, 0.6) is 0 Å². The van der Waals surface area contributed by atoms with E-state index >= 15 is 0 Å². The van der Waals surface area contributed by atoms with Crippen LogP contribution in [0.2, 0.25) is 0 Å². The molecule has 0 bridgehead atoms. The van der Waals surface area contributed by atoms with E-state index < -0.39 is 12.0 Å². The predicted octanol–water partition coefficient (Wildman–Crippen LogP) is 1.47. The summed E-state index contributed by atoms with van der Waals surface area (Å²) in [5.41, 5.74) is 9.35. The Labute approximate surface area is 116 Å². The molecule has 0 aromatic carbocycles. The SMILES string of the molecule is CCOC(=O)c1oc2c(c1C)/C(=N/NC(N)=O)CCC2. The van der Waals surface area contributed by atoms with Crippen LogP contribution in [0.3, 0.4) is 0 Å². The van der Waals surface area contributed by atoms with E-state index in [1.54, 1.807) is 13.8 Å². The van der Waals surface area contributed by atoms with Crippen molar-refractivity contribution in [2.24, 2.45) is 10.8 Å². The molecular weight excluding hydrogens is 262 g/mol. The molecule has 0 atom stereocenters. The number of hydrogen-bond acceptors (Lipinski definition) is 5. The van der Waals surface area contributed by atoms with E-state index in [-0.39, 0.29) is 12.4 Å². The highest BCUT2D eigenvalue weighted by molar-refractivity contribution is 6.06. The lowest BCUT2D eigenvalue weighted by molar-refractivity contribution is 0.0487. The number of carbonyl (C=O) groups is 2. The minimum atomic E-state index is -0.726. The lowest BCUT2D eigenvalue weighted by Gasteiger charge is -2.12. The third-order valence-corrected chi connectivity index (χ3v) is 3.09. The van der Waals surface area contributed by atoms with Crippen LogP contribution in [-0.2, 0) is 11.2 Å². The minimum absolute atomic E-state index is 0.200. The van der Waals surface area contributed by atoms with Gasteiger partial charge in [-0.05, 0) is 26.7 Å². The molecule has 3 N–H and O–H groups in total. The molecule has 1 aliphatic carbocycles. The monoisotopic (exact) mass is 279 g/mol. The highest BCUT2D eigenvalue weighted by Crippen LogP contribution is 2.30. The van der Waals surface area contributed by atoms with Crippen molar-refractivity contribution in [2.75, 3.05) is 6.61 Å². The summed E-state index contributed by atoms with van der Waals surface area (Å²) in [6, 6.07) is -0.726. The molecule has 108 valence electrons. The zero-order valence-electron chi connectivity index (χ0n) is 11.5. The fourth-order valence-corrected chi connectivity index (χ4v) is 2.29. The molecule has 0 saturated carbocycles. The van der Waals surface area contributed by atoms with Crippen LogP contribution in [0.15, 0.2) is 9.52 Å². The van der Waals surface area contributed by atoms with Gasteiger partial charge in [0.2, 0.25) is 5.76 Å². The van der Waals surface area contributed by atoms with Crippen molar-refractivity contribution in [3.63, 3.8) is 0 Å². The zero-order valence-corrected chi connectivity index (χ0v) is 11.5. The van der Waals surface area contributed by atoms with Crippen molar-refractivity contribution in [1.29, 1.82) is 0 Å². The van der Waals surface area contributed by atoms with E-state index in [9.17, 15) is 9.59 Å². The fraction of sp³-hybridized carbons (Fsp3) is 0.462. The van der Waals surface area contributed by atoms with Gasteiger partial charge >= 0.3 is 12.0 Å². The number of ether oxygens (including phenoxy) is 1. The average Bonchev–Trinajstić information content (AvgIpc) is 2.75. The summed E-state index contributed by atoms with van der Waals surface area (Å²) >= 11 is 0. The summed E-state index contributed by atoms with van der Waals surface area (Å²) in [6.07, 6.45) is 2.25. The highest BCUT2D eigenvalue weighted by Gasteiger charge is 2.28. The Kier molecular flexibility index (Phi) is 4.07. The molecule has 0 aliphatic heterocycles. The fourth-order valence-electron chi connectivity index (χ4n) is 2.29. The van der Waals surface area contributed by atoms with Gasteiger partial charge in [0.1, 0.15) is 5.76 Å². The molecule has 1 aliphatic rings. The van der Waals surface area contributed by atoms with Crippen LogP contribution < -0.4 is 11.2 Å². The first-order valence-electron chi connectivity index (χ1n) is 6.46. The molecule has 2 rings (SSSR count). The number of aryl methyl sites for hydroxylation is 1. The number of carbonyl (C=O) groups excluding carboxylic acids is 2. The largest absolute Gasteiger partial charge is 0.460 e. The van der Waals surface area contributed by atoms with Gasteiger partial charge in [0.05, 0.1) is 12.3 Å². The molecule has 0 saturated heterocycles. The van der Waals surface area contributed by atoms with Gasteiger partial charge in [-0.1, -0.05) is 0 Å². The molecule has 1 heterocycles. The Hall–Kier alpha value is -2.31. The van der Waals surface area contributed by atoms with Gasteiger partial charge in [-0.15, -0.1) is 0 Å². The molecule has 0 radical (unpaired) electrons. The second-order valence-electron chi connectivity index (χ2n) is 4.46. The second-order valence-corrected chi connectivity index (χ2v) is 4.46. The maximum Gasteiger partial charge on any atom is 0.374 e. The van der Waals surface area contributed by atoms with Crippen molar-refractivity contribution in [1.82, 2.24) is 5.43 Å². The van der Waals surface area contributed by atoms with Gasteiger partial charge < -0.3 is 14.9 Å². The first-order chi connectivity index (χ1) is 9.54. The van der Waals surface area contributed by atoms with Crippen molar-refractivity contribution in [2.45, 2.75) is 33.1 Å². The number of urea groups is 1. The summed E-state index contributed by atoms with van der Waals surface area (Å²) in [4.78, 5) is 22.6. The number of nitrogens with zero attached hydrogens (tertiary/aromatic N) is 1. The number of hydrazone groups is 1. The molecule has 2 amide bonds. The van der Waals surface area contributed by atoms with E-state index in [0.717, 1.165) is 18.4 Å². The zero-order chi connectivity index (χ0) is 14.7. The number of nitrogens with one attached hydrogen (secondary N) is 1. The molecule has 20 heavy (non-hydrogen) atoms. The Morgan fingerprint density at radius 2 is 2.20 bits per heavy atom. The van der Waals surface area contributed by atoms with Gasteiger partial charge in [-0.2, -0.15) is 5.10 Å². The van der Waals surface area contributed by atoms with Gasteiger partial charge in [0.25, 0.3) is 0 Å². The lowest BCUT2D eigenvalue weighted by atomic mass is 9.93. The van der Waals surface area contributed by atoms with E-state index in [0.29, 0.717) is 23.5 Å². The molecular formula is C13H17N3O4. The standard InChI is InChI=1S/C13H17N3O4/c1-3-19-12(17)11-7(2)10-8(15-16-13(14)18)5-4-6-9(10)20-11/h3-6H2,1-2H3,(H3,14,16,18)/b15-8+. The van der Waals surface area contributed by atoms with Gasteiger partial charge in [0, 0.05) is 17.5 Å². The molecule has 1 aromatic rings. The van der Waals surface area contributed by atoms with Crippen molar-refractivity contribution < 1.29 is 18.7 Å². The van der Waals surface area contributed by atoms with E-state index in [1.807, 2.05) is 0 Å². The number of hydrogen-bond donors (Lipinski definition) is 2. The number of amides is 2. The smallest absolute Gasteiger partial charge is 0.374 e. The first-order valence-corrected chi connectivity index (χ1v) is 6.46. The number of fused-ring (bicyclic) bond motifs is 1. The Bertz CT molecular complexity index is 574. The third-order valence-electron chi connectivity index (χ3n) is 3.09. The maximum absolute atomic E-state index is 11.8. The summed E-state index contributed by atoms with van der Waals surface area (Å²) < 4.78 is 10.5. The van der Waals surface area contributed by atoms with E-state index in [4.69, 9.17) is 14.9 Å². The Balaban J connectivity index is 2.39. The van der Waals surface area contributed by atoms with E-state index in [2.05, 4.69) is 10.5 Å². The summed E-state index contributed by atoms with van der Waals surface area (Å²) in [5.74, 6) is 0.411. The normalized spacial score (nSPS) is 15.8. The predicted molar refractivity (Wildman–Crippen MR) is 71.6 cm³/mol. The number of primary amides is 1. The van der Waals surface area contributed by atoms with E-state index in [1.165, 1.54) is 0 Å². The van der Waals surface area contributed by atoms with Crippen LogP contribution in [0, 0.1) is 6.92 Å². The van der Waals surface area contributed by atoms with Crippen LogP contribution in [0.4, 0.5) is 4.79 Å². The number of nitrogens with two attached hydrogens (primary N) is 1. The summed E-state index contributed by atoms with van der Waals surface area (Å²) in [5, 5.41) is 3.98. The van der Waals surface area contributed by atoms with Crippen molar-refractivity contribution >= 4 is 17.7 Å². The molecule has 7 nitrogen and oxygen atoms in total. The molecule has 1 aromatic heterocycles. The Morgan fingerprint density at radius 3 is 2.85 bits per heavy atom. The topological polar surface area (TPSA) is 107 Å². The van der Waals surface area contributed by atoms with Crippen LogP contribution in [-0.4, -0.2) is 24.3 Å². The first kappa shape index (κ1) is 14.1. The van der Waals surface area contributed by atoms with Crippen LogP contribution in [0.25, 0.3) is 0 Å². The quantitative estimate of drug-likeness (QED) is 0.645. The average molecular weight is 279 g/mol. The molecule has 0 spiro atoms. The molecule has 0 fully saturated rings. The number of rotatable bonds is 3. The second kappa shape index (κ2) is 5.77. The van der Waals surface area contributed by atoms with Crippen LogP contribution >= 0.6 is 0 Å². The van der Waals surface area contributed by atoms with Gasteiger partial charge in [-0.3, -0.25) is 0 Å². The number of esters is 1. The Morgan fingerprint density at radius 1 is 1.45 bits per heavy atom. The lowest BCUT2D eigenvalue weighted by Crippen LogP contribution is -2.27. The van der Waals surface area contributed by atoms with Crippen molar-refractivity contribution in [3.05, 3.63) is 22.6 Å². The number of furan rings is 1. The van der Waals surface area contributed by atoms with Crippen LogP contribution in [0.1, 0.15) is 47.2 Å². The summed E-state index contributed by atoms with van der Waals surface area (Å²) in [6.45, 7) is 3.80. The summed E-state index contributed by atoms with van der Waals surface area (Å²) in [7, 11) is 0. The van der Waals surface area contributed by atoms with Gasteiger partial charge in [-0.25, -0.2) is 15.0 Å². The maximum atomic E-state index is 11.8. The third kappa shape index (κ3) is 2.66. The van der Waals surface area contributed by atoms with Crippen molar-refractivity contribution in [3.8, 4) is 0 Å². The molecule has 7 heteroatoms. The molecule has 0 unspecified atom stereocenters.